The Labute approximate surface area is 151 Å². The lowest BCUT2D eigenvalue weighted by Crippen LogP contribution is -2.15. The van der Waals surface area contributed by atoms with E-state index in [1.54, 1.807) is 42.5 Å². The fraction of sp³-hybridized carbons (Fsp3) is 0.167. The molecule has 0 atom stereocenters. The Bertz CT molecular complexity index is 1010. The molecule has 0 amide bonds. The van der Waals surface area contributed by atoms with Gasteiger partial charge in [0.1, 0.15) is 0 Å². The SMILES string of the molecule is CCc1ccc(-c2cc(C)no2)cc1S(=O)(=O)Nc1ccccc1Cl. The van der Waals surface area contributed by atoms with Crippen molar-refractivity contribution in [1.29, 1.82) is 0 Å². The number of nitrogens with one attached hydrogen (secondary N) is 1. The van der Waals surface area contributed by atoms with Gasteiger partial charge in [-0.3, -0.25) is 4.72 Å². The minimum Gasteiger partial charge on any atom is -0.356 e. The van der Waals surface area contributed by atoms with Gasteiger partial charge in [-0.15, -0.1) is 0 Å². The number of halogens is 1. The largest absolute Gasteiger partial charge is 0.356 e. The van der Waals surface area contributed by atoms with Gasteiger partial charge in [-0.05, 0) is 37.1 Å². The Balaban J connectivity index is 2.06. The number of aryl methyl sites for hydroxylation is 2. The Kier molecular flexibility index (Phi) is 4.83. The smallest absolute Gasteiger partial charge is 0.262 e. The van der Waals surface area contributed by atoms with Crippen LogP contribution in [0.15, 0.2) is 57.9 Å². The van der Waals surface area contributed by atoms with Gasteiger partial charge in [0.2, 0.25) is 0 Å². The Morgan fingerprint density at radius 1 is 1.16 bits per heavy atom. The molecule has 2 aromatic carbocycles. The third-order valence-corrected chi connectivity index (χ3v) is 5.55. The highest BCUT2D eigenvalue weighted by atomic mass is 35.5. The monoisotopic (exact) mass is 376 g/mol. The molecule has 5 nitrogen and oxygen atoms in total. The summed E-state index contributed by atoms with van der Waals surface area (Å²) in [5, 5.41) is 4.19. The second-order valence-corrected chi connectivity index (χ2v) is 7.65. The van der Waals surface area contributed by atoms with E-state index in [1.165, 1.54) is 0 Å². The van der Waals surface area contributed by atoms with Gasteiger partial charge in [0.25, 0.3) is 10.0 Å². The molecule has 1 heterocycles. The highest BCUT2D eigenvalue weighted by Crippen LogP contribution is 2.29. The summed E-state index contributed by atoms with van der Waals surface area (Å²) in [4.78, 5) is 0.196. The van der Waals surface area contributed by atoms with Crippen LogP contribution >= 0.6 is 11.6 Å². The van der Waals surface area contributed by atoms with Crippen LogP contribution < -0.4 is 4.72 Å². The van der Waals surface area contributed by atoms with Gasteiger partial charge in [-0.2, -0.15) is 0 Å². The Hall–Kier alpha value is -2.31. The van der Waals surface area contributed by atoms with Crippen LogP contribution in [0.5, 0.6) is 0 Å². The number of hydrogen-bond acceptors (Lipinski definition) is 4. The summed E-state index contributed by atoms with van der Waals surface area (Å²) in [6.45, 7) is 3.71. The molecule has 0 aliphatic heterocycles. The van der Waals surface area contributed by atoms with Crippen LogP contribution in [0.1, 0.15) is 18.2 Å². The van der Waals surface area contributed by atoms with Crippen molar-refractivity contribution < 1.29 is 12.9 Å². The number of hydrogen-bond donors (Lipinski definition) is 1. The average Bonchev–Trinajstić information content (AvgIpc) is 3.02. The van der Waals surface area contributed by atoms with Crippen molar-refractivity contribution in [2.75, 3.05) is 4.72 Å². The van der Waals surface area contributed by atoms with E-state index in [0.29, 0.717) is 34.0 Å². The minimum atomic E-state index is -3.80. The molecule has 130 valence electrons. The normalized spacial score (nSPS) is 11.5. The van der Waals surface area contributed by atoms with Crippen LogP contribution in [0.4, 0.5) is 5.69 Å². The van der Waals surface area contributed by atoms with E-state index in [0.717, 1.165) is 5.69 Å². The van der Waals surface area contributed by atoms with Crippen molar-refractivity contribution in [2.45, 2.75) is 25.2 Å². The van der Waals surface area contributed by atoms with Crippen molar-refractivity contribution in [3.63, 3.8) is 0 Å². The number of rotatable bonds is 5. The summed E-state index contributed by atoms with van der Waals surface area (Å²) in [7, 11) is -3.80. The number of para-hydroxylation sites is 1. The maximum Gasteiger partial charge on any atom is 0.262 e. The fourth-order valence-corrected chi connectivity index (χ4v) is 4.15. The van der Waals surface area contributed by atoms with E-state index >= 15 is 0 Å². The summed E-state index contributed by atoms with van der Waals surface area (Å²) in [6, 6.07) is 13.7. The molecule has 3 aromatic rings. The van der Waals surface area contributed by atoms with E-state index in [1.807, 2.05) is 19.9 Å². The maximum atomic E-state index is 12.9. The molecular formula is C18H17ClN2O3S. The number of benzene rings is 2. The molecule has 0 spiro atoms. The van der Waals surface area contributed by atoms with Crippen molar-refractivity contribution >= 4 is 27.3 Å². The van der Waals surface area contributed by atoms with Crippen molar-refractivity contribution in [1.82, 2.24) is 5.16 Å². The molecule has 0 unspecified atom stereocenters. The first-order valence-corrected chi connectivity index (χ1v) is 9.61. The van der Waals surface area contributed by atoms with Crippen molar-refractivity contribution in [2.24, 2.45) is 0 Å². The van der Waals surface area contributed by atoms with Crippen LogP contribution in [0, 0.1) is 6.92 Å². The second kappa shape index (κ2) is 6.90. The lowest BCUT2D eigenvalue weighted by molar-refractivity contribution is 0.427. The third kappa shape index (κ3) is 3.70. The predicted molar refractivity (Wildman–Crippen MR) is 98.3 cm³/mol. The molecule has 3 rings (SSSR count). The molecule has 0 saturated carbocycles. The van der Waals surface area contributed by atoms with E-state index in [9.17, 15) is 8.42 Å². The molecule has 0 bridgehead atoms. The molecule has 0 radical (unpaired) electrons. The number of nitrogens with zero attached hydrogens (tertiary/aromatic N) is 1. The minimum absolute atomic E-state index is 0.196. The zero-order valence-corrected chi connectivity index (χ0v) is 15.4. The topological polar surface area (TPSA) is 72.2 Å². The third-order valence-electron chi connectivity index (χ3n) is 3.77. The second-order valence-electron chi connectivity index (χ2n) is 5.59. The van der Waals surface area contributed by atoms with Gasteiger partial charge in [0.15, 0.2) is 5.76 Å². The van der Waals surface area contributed by atoms with E-state index in [-0.39, 0.29) is 4.90 Å². The van der Waals surface area contributed by atoms with E-state index in [2.05, 4.69) is 9.88 Å². The summed E-state index contributed by atoms with van der Waals surface area (Å²) in [6.07, 6.45) is 0.578. The molecule has 0 fully saturated rings. The van der Waals surface area contributed by atoms with Crippen LogP contribution in [-0.2, 0) is 16.4 Å². The Morgan fingerprint density at radius 2 is 1.92 bits per heavy atom. The molecule has 0 aliphatic carbocycles. The standard InChI is InChI=1S/C18H17ClN2O3S/c1-3-13-8-9-14(17-10-12(2)20-24-17)11-18(13)25(22,23)21-16-7-5-4-6-15(16)19/h4-11,21H,3H2,1-2H3. The lowest BCUT2D eigenvalue weighted by Gasteiger charge is -2.13. The number of aromatic nitrogens is 1. The molecule has 0 aliphatic rings. The average molecular weight is 377 g/mol. The van der Waals surface area contributed by atoms with Crippen molar-refractivity contribution in [3.8, 4) is 11.3 Å². The predicted octanol–water partition coefficient (Wildman–Crippen LogP) is 4.67. The summed E-state index contributed by atoms with van der Waals surface area (Å²) >= 11 is 6.07. The highest BCUT2D eigenvalue weighted by Gasteiger charge is 2.21. The van der Waals surface area contributed by atoms with E-state index in [4.69, 9.17) is 16.1 Å². The number of anilines is 1. The maximum absolute atomic E-state index is 12.9. The first-order chi connectivity index (χ1) is 11.9. The lowest BCUT2D eigenvalue weighted by atomic mass is 10.1. The first kappa shape index (κ1) is 17.5. The molecule has 25 heavy (non-hydrogen) atoms. The zero-order valence-electron chi connectivity index (χ0n) is 13.8. The quantitative estimate of drug-likeness (QED) is 0.702. The van der Waals surface area contributed by atoms with Gasteiger partial charge >= 0.3 is 0 Å². The zero-order chi connectivity index (χ0) is 18.0. The summed E-state index contributed by atoms with van der Waals surface area (Å²) in [5.41, 5.74) is 2.43. The highest BCUT2D eigenvalue weighted by molar-refractivity contribution is 7.92. The van der Waals surface area contributed by atoms with Crippen LogP contribution in [-0.4, -0.2) is 13.6 Å². The molecular weight excluding hydrogens is 360 g/mol. The molecule has 1 N–H and O–H groups in total. The molecule has 0 saturated heterocycles. The van der Waals surface area contributed by atoms with Crippen LogP contribution in [0.3, 0.4) is 0 Å². The van der Waals surface area contributed by atoms with Gasteiger partial charge in [0.05, 0.1) is 21.3 Å². The van der Waals surface area contributed by atoms with Gasteiger partial charge < -0.3 is 4.52 Å². The van der Waals surface area contributed by atoms with Crippen LogP contribution in [0.25, 0.3) is 11.3 Å². The van der Waals surface area contributed by atoms with E-state index < -0.39 is 10.0 Å². The van der Waals surface area contributed by atoms with Gasteiger partial charge in [-0.25, -0.2) is 8.42 Å². The van der Waals surface area contributed by atoms with Gasteiger partial charge in [0, 0.05) is 11.6 Å². The molecule has 1 aromatic heterocycles. The van der Waals surface area contributed by atoms with Gasteiger partial charge in [-0.1, -0.05) is 47.9 Å². The fourth-order valence-electron chi connectivity index (χ4n) is 2.49. The number of sulfonamides is 1. The molecule has 7 heteroatoms. The summed E-state index contributed by atoms with van der Waals surface area (Å²) in [5.74, 6) is 0.523. The van der Waals surface area contributed by atoms with Crippen LogP contribution in [0.2, 0.25) is 5.02 Å². The summed E-state index contributed by atoms with van der Waals surface area (Å²) < 4.78 is 33.6. The van der Waals surface area contributed by atoms with Crippen molar-refractivity contribution in [3.05, 3.63) is 64.8 Å². The first-order valence-electron chi connectivity index (χ1n) is 7.74. The Morgan fingerprint density at radius 3 is 2.56 bits per heavy atom.